The van der Waals surface area contributed by atoms with Crippen molar-refractivity contribution in [3.05, 3.63) is 53.8 Å². The molecule has 122 valence electrons. The zero-order valence-corrected chi connectivity index (χ0v) is 13.5. The Labute approximate surface area is 139 Å². The summed E-state index contributed by atoms with van der Waals surface area (Å²) in [6.07, 6.45) is 1.61. The summed E-state index contributed by atoms with van der Waals surface area (Å²) in [6.45, 7) is 4.41. The Bertz CT molecular complexity index is 881. The Morgan fingerprint density at radius 3 is 2.75 bits per heavy atom. The molecule has 1 aliphatic rings. The lowest BCUT2D eigenvalue weighted by Gasteiger charge is -2.27. The maximum Gasteiger partial charge on any atom is 0.254 e. The van der Waals surface area contributed by atoms with Crippen LogP contribution in [0.25, 0.3) is 22.4 Å². The number of hydrogen-bond donors (Lipinski definition) is 0. The topological polar surface area (TPSA) is 55.6 Å². The van der Waals surface area contributed by atoms with Gasteiger partial charge in [-0.3, -0.25) is 4.79 Å². The molecular formula is C19H18N2O3. The van der Waals surface area contributed by atoms with E-state index in [4.69, 9.17) is 9.15 Å². The van der Waals surface area contributed by atoms with E-state index in [0.717, 1.165) is 16.5 Å². The highest BCUT2D eigenvalue weighted by molar-refractivity contribution is 6.07. The molecule has 1 fully saturated rings. The molecule has 5 heteroatoms. The zero-order valence-electron chi connectivity index (χ0n) is 13.5. The summed E-state index contributed by atoms with van der Waals surface area (Å²) < 4.78 is 10.8. The van der Waals surface area contributed by atoms with Crippen LogP contribution in [0.1, 0.15) is 15.9 Å². The molecule has 0 saturated carbocycles. The summed E-state index contributed by atoms with van der Waals surface area (Å²) in [4.78, 5) is 19.6. The smallest absolute Gasteiger partial charge is 0.254 e. The highest BCUT2D eigenvalue weighted by Crippen LogP contribution is 2.27. The van der Waals surface area contributed by atoms with Crippen LogP contribution in [0, 0.1) is 6.92 Å². The summed E-state index contributed by atoms with van der Waals surface area (Å²) in [6, 6.07) is 11.5. The van der Waals surface area contributed by atoms with Gasteiger partial charge in [0, 0.05) is 18.5 Å². The fourth-order valence-electron chi connectivity index (χ4n) is 3.00. The highest BCUT2D eigenvalue weighted by atomic mass is 16.5. The predicted molar refractivity (Wildman–Crippen MR) is 90.9 cm³/mol. The first-order chi connectivity index (χ1) is 11.7. The van der Waals surface area contributed by atoms with E-state index in [9.17, 15) is 4.79 Å². The van der Waals surface area contributed by atoms with Gasteiger partial charge in [-0.15, -0.1) is 0 Å². The van der Waals surface area contributed by atoms with Crippen molar-refractivity contribution in [2.45, 2.75) is 6.92 Å². The van der Waals surface area contributed by atoms with E-state index >= 15 is 0 Å². The first-order valence-corrected chi connectivity index (χ1v) is 8.05. The molecule has 4 rings (SSSR count). The fourth-order valence-corrected chi connectivity index (χ4v) is 3.00. The van der Waals surface area contributed by atoms with E-state index < -0.39 is 0 Å². The average Bonchev–Trinajstić information content (AvgIpc) is 3.16. The van der Waals surface area contributed by atoms with Gasteiger partial charge >= 0.3 is 0 Å². The SMILES string of the molecule is Cc1ccc2nc(-c3ccco3)cc(C(=O)N3CCOCC3)c2c1. The minimum absolute atomic E-state index is 0.0177. The normalized spacial score (nSPS) is 15.0. The van der Waals surface area contributed by atoms with Crippen molar-refractivity contribution in [3.63, 3.8) is 0 Å². The maximum absolute atomic E-state index is 13.1. The largest absolute Gasteiger partial charge is 0.463 e. The number of ether oxygens (including phenoxy) is 1. The Morgan fingerprint density at radius 1 is 1.17 bits per heavy atom. The number of fused-ring (bicyclic) bond motifs is 1. The van der Waals surface area contributed by atoms with Gasteiger partial charge in [-0.05, 0) is 37.3 Å². The Morgan fingerprint density at radius 2 is 2.00 bits per heavy atom. The number of carbonyl (C=O) groups excluding carboxylic acids is 1. The number of aryl methyl sites for hydroxylation is 1. The number of benzene rings is 1. The van der Waals surface area contributed by atoms with Crippen LogP contribution in [0.3, 0.4) is 0 Å². The molecular weight excluding hydrogens is 304 g/mol. The number of amides is 1. The lowest BCUT2D eigenvalue weighted by Crippen LogP contribution is -2.40. The third-order valence-corrected chi connectivity index (χ3v) is 4.27. The van der Waals surface area contributed by atoms with Crippen LogP contribution in [0.15, 0.2) is 47.1 Å². The van der Waals surface area contributed by atoms with Crippen LogP contribution in [0.2, 0.25) is 0 Å². The fraction of sp³-hybridized carbons (Fsp3) is 0.263. The Hall–Kier alpha value is -2.66. The minimum atomic E-state index is 0.0177. The third-order valence-electron chi connectivity index (χ3n) is 4.27. The summed E-state index contributed by atoms with van der Waals surface area (Å²) in [5.74, 6) is 0.678. The molecule has 1 saturated heterocycles. The van der Waals surface area contributed by atoms with Crippen LogP contribution in [-0.4, -0.2) is 42.1 Å². The van der Waals surface area contributed by atoms with Crippen LogP contribution in [0.5, 0.6) is 0 Å². The number of hydrogen-bond acceptors (Lipinski definition) is 4. The van der Waals surface area contributed by atoms with Crippen LogP contribution in [0.4, 0.5) is 0 Å². The van der Waals surface area contributed by atoms with E-state index in [1.807, 2.05) is 48.2 Å². The van der Waals surface area contributed by atoms with Gasteiger partial charge in [0.05, 0.1) is 30.6 Å². The quantitative estimate of drug-likeness (QED) is 0.726. The molecule has 24 heavy (non-hydrogen) atoms. The molecule has 0 radical (unpaired) electrons. The van der Waals surface area contributed by atoms with Gasteiger partial charge in [-0.2, -0.15) is 0 Å². The molecule has 3 aromatic rings. The standard InChI is InChI=1S/C19H18N2O3/c1-13-4-5-16-14(11-13)15(19(22)21-6-9-23-10-7-21)12-17(20-16)18-3-2-8-24-18/h2-5,8,11-12H,6-7,9-10H2,1H3. The van der Waals surface area contributed by atoms with Crippen molar-refractivity contribution in [1.82, 2.24) is 9.88 Å². The second kappa shape index (κ2) is 6.09. The summed E-state index contributed by atoms with van der Waals surface area (Å²) in [5, 5.41) is 0.877. The molecule has 1 aliphatic heterocycles. The number of aromatic nitrogens is 1. The molecule has 1 aromatic carbocycles. The predicted octanol–water partition coefficient (Wildman–Crippen LogP) is 3.28. The average molecular weight is 322 g/mol. The van der Waals surface area contributed by atoms with Gasteiger partial charge in [-0.25, -0.2) is 4.98 Å². The highest BCUT2D eigenvalue weighted by Gasteiger charge is 2.22. The molecule has 0 spiro atoms. The van der Waals surface area contributed by atoms with Crippen molar-refractivity contribution in [1.29, 1.82) is 0 Å². The van der Waals surface area contributed by atoms with Gasteiger partial charge in [0.15, 0.2) is 5.76 Å². The molecule has 1 amide bonds. The van der Waals surface area contributed by atoms with Crippen LogP contribution in [-0.2, 0) is 4.74 Å². The van der Waals surface area contributed by atoms with E-state index in [1.54, 1.807) is 6.26 Å². The molecule has 0 unspecified atom stereocenters. The number of rotatable bonds is 2. The summed E-state index contributed by atoms with van der Waals surface area (Å²) in [5.41, 5.74) is 3.24. The maximum atomic E-state index is 13.1. The van der Waals surface area contributed by atoms with Crippen molar-refractivity contribution >= 4 is 16.8 Å². The first kappa shape index (κ1) is 14.9. The molecule has 5 nitrogen and oxygen atoms in total. The zero-order chi connectivity index (χ0) is 16.5. The number of pyridine rings is 1. The van der Waals surface area contributed by atoms with Gasteiger partial charge in [0.25, 0.3) is 5.91 Å². The lowest BCUT2D eigenvalue weighted by atomic mass is 10.0. The number of carbonyl (C=O) groups is 1. The minimum Gasteiger partial charge on any atom is -0.463 e. The van der Waals surface area contributed by atoms with Gasteiger partial charge in [0.2, 0.25) is 0 Å². The molecule has 0 N–H and O–H groups in total. The van der Waals surface area contributed by atoms with Crippen molar-refractivity contribution in [2.24, 2.45) is 0 Å². The van der Waals surface area contributed by atoms with Crippen molar-refractivity contribution < 1.29 is 13.9 Å². The van der Waals surface area contributed by atoms with Crippen molar-refractivity contribution in [3.8, 4) is 11.5 Å². The molecule has 0 atom stereocenters. The summed E-state index contributed by atoms with van der Waals surface area (Å²) >= 11 is 0. The van der Waals surface area contributed by atoms with E-state index in [0.29, 0.717) is 43.3 Å². The number of morpholine rings is 1. The van der Waals surface area contributed by atoms with Crippen LogP contribution >= 0.6 is 0 Å². The summed E-state index contributed by atoms with van der Waals surface area (Å²) in [7, 11) is 0. The Balaban J connectivity index is 1.87. The van der Waals surface area contributed by atoms with Gasteiger partial charge < -0.3 is 14.1 Å². The number of furan rings is 1. The van der Waals surface area contributed by atoms with Gasteiger partial charge in [-0.1, -0.05) is 11.6 Å². The van der Waals surface area contributed by atoms with E-state index in [2.05, 4.69) is 4.98 Å². The molecule has 0 bridgehead atoms. The van der Waals surface area contributed by atoms with E-state index in [1.165, 1.54) is 0 Å². The Kier molecular flexibility index (Phi) is 3.78. The second-order valence-electron chi connectivity index (χ2n) is 5.96. The lowest BCUT2D eigenvalue weighted by molar-refractivity contribution is 0.0304. The molecule has 0 aliphatic carbocycles. The van der Waals surface area contributed by atoms with Crippen LogP contribution < -0.4 is 0 Å². The first-order valence-electron chi connectivity index (χ1n) is 8.05. The van der Waals surface area contributed by atoms with Crippen molar-refractivity contribution in [2.75, 3.05) is 26.3 Å². The molecule has 3 heterocycles. The number of nitrogens with zero attached hydrogens (tertiary/aromatic N) is 2. The molecule has 2 aromatic heterocycles. The third kappa shape index (κ3) is 2.67. The monoisotopic (exact) mass is 322 g/mol. The van der Waals surface area contributed by atoms with E-state index in [-0.39, 0.29) is 5.91 Å². The van der Waals surface area contributed by atoms with Gasteiger partial charge in [0.1, 0.15) is 5.69 Å². The second-order valence-corrected chi connectivity index (χ2v) is 5.96.